The van der Waals surface area contributed by atoms with Gasteiger partial charge >= 0.3 is 0 Å². The molecular weight excluding hydrogens is 631 g/mol. The van der Waals surface area contributed by atoms with E-state index in [9.17, 15) is 0 Å². The predicted molar refractivity (Wildman–Crippen MR) is 216 cm³/mol. The Morgan fingerprint density at radius 1 is 0.442 bits per heavy atom. The maximum Gasteiger partial charge on any atom is 0.0717 e. The van der Waals surface area contributed by atoms with Gasteiger partial charge in [0, 0.05) is 51.6 Å². The maximum atomic E-state index is 4.51. The van der Waals surface area contributed by atoms with E-state index in [4.69, 9.17) is 0 Å². The molecule has 0 atom stereocenters. The average molecular weight is 666 g/mol. The Kier molecular flexibility index (Phi) is 6.84. The number of fused-ring (bicyclic) bond motifs is 6. The van der Waals surface area contributed by atoms with Gasteiger partial charge in [-0.1, -0.05) is 117 Å². The Labute approximate surface area is 303 Å². The minimum atomic E-state index is -0.140. The van der Waals surface area contributed by atoms with Gasteiger partial charge in [0.25, 0.3) is 0 Å². The number of benzene rings is 6. The first-order valence-electron chi connectivity index (χ1n) is 17.9. The van der Waals surface area contributed by atoms with E-state index in [2.05, 4.69) is 168 Å². The van der Waals surface area contributed by atoms with Crippen LogP contribution in [0.2, 0.25) is 0 Å². The summed E-state index contributed by atoms with van der Waals surface area (Å²) >= 11 is 0. The van der Waals surface area contributed by atoms with Crippen molar-refractivity contribution in [1.82, 2.24) is 14.5 Å². The van der Waals surface area contributed by atoms with Crippen molar-refractivity contribution in [3.63, 3.8) is 0 Å². The zero-order chi connectivity index (χ0) is 34.8. The van der Waals surface area contributed by atoms with Crippen molar-refractivity contribution in [3.8, 4) is 61.5 Å². The Bertz CT molecular complexity index is 2750. The van der Waals surface area contributed by atoms with Crippen LogP contribution >= 0.6 is 0 Å². The van der Waals surface area contributed by atoms with E-state index in [-0.39, 0.29) is 5.41 Å². The molecule has 1 aliphatic rings. The molecule has 0 unspecified atom stereocenters. The first-order chi connectivity index (χ1) is 25.5. The van der Waals surface area contributed by atoms with Crippen LogP contribution in [0.4, 0.5) is 0 Å². The summed E-state index contributed by atoms with van der Waals surface area (Å²) in [5.74, 6) is 0. The molecule has 0 radical (unpaired) electrons. The van der Waals surface area contributed by atoms with Crippen molar-refractivity contribution in [3.05, 3.63) is 187 Å². The summed E-state index contributed by atoms with van der Waals surface area (Å²) in [7, 11) is 0. The predicted octanol–water partition coefficient (Wildman–Crippen LogP) is 12.5. The van der Waals surface area contributed by atoms with Gasteiger partial charge in [0.1, 0.15) is 0 Å². The second kappa shape index (κ2) is 11.8. The number of aromatic nitrogens is 3. The van der Waals surface area contributed by atoms with Gasteiger partial charge in [0.15, 0.2) is 0 Å². The van der Waals surface area contributed by atoms with Gasteiger partial charge in [-0.3, -0.25) is 9.97 Å². The van der Waals surface area contributed by atoms with E-state index in [0.717, 1.165) is 22.4 Å². The number of rotatable bonds is 5. The second-order valence-electron chi connectivity index (χ2n) is 14.3. The van der Waals surface area contributed by atoms with Crippen LogP contribution in [0, 0.1) is 0 Å². The Balaban J connectivity index is 0.971. The Morgan fingerprint density at radius 3 is 1.65 bits per heavy atom. The van der Waals surface area contributed by atoms with Crippen molar-refractivity contribution in [2.75, 3.05) is 0 Å². The first-order valence-corrected chi connectivity index (χ1v) is 17.9. The van der Waals surface area contributed by atoms with Crippen molar-refractivity contribution in [2.45, 2.75) is 19.3 Å². The number of pyridine rings is 2. The van der Waals surface area contributed by atoms with Crippen molar-refractivity contribution in [2.24, 2.45) is 0 Å². The third-order valence-corrected chi connectivity index (χ3v) is 10.9. The molecule has 3 aromatic heterocycles. The van der Waals surface area contributed by atoms with Gasteiger partial charge < -0.3 is 4.57 Å². The summed E-state index contributed by atoms with van der Waals surface area (Å²) in [4.78, 5) is 9.02. The molecule has 0 saturated heterocycles. The standard InChI is InChI=1S/C49H35N3/c1-49(2)44-28-35(32-17-19-33(20-18-32)37-26-38(31-50-30-37)46-14-7-8-25-51-46)21-23-40(44)41-24-22-36(29-45(41)49)34-10-9-11-39(27-34)52-47-15-5-3-12-42(47)43-13-4-6-16-48(43)52/h3-31H,1-2H3. The SMILES string of the molecule is CC1(C)c2cc(-c3ccc(-c4cncc(-c5ccccn5)c4)cc3)ccc2-c2ccc(-c3cccc(-n4c5ccccc5c5ccccc54)c3)cc21. The lowest BCUT2D eigenvalue weighted by Gasteiger charge is -2.23. The van der Waals surface area contributed by atoms with E-state index in [0.29, 0.717) is 0 Å². The van der Waals surface area contributed by atoms with Crippen LogP contribution in [0.1, 0.15) is 25.0 Å². The number of para-hydroxylation sites is 2. The van der Waals surface area contributed by atoms with Gasteiger partial charge in [-0.05, 0) is 105 Å². The van der Waals surface area contributed by atoms with Crippen LogP contribution in [0.5, 0.6) is 0 Å². The molecule has 52 heavy (non-hydrogen) atoms. The maximum absolute atomic E-state index is 4.51. The van der Waals surface area contributed by atoms with Crippen molar-refractivity contribution < 1.29 is 0 Å². The average Bonchev–Trinajstić information content (AvgIpc) is 3.66. The monoisotopic (exact) mass is 665 g/mol. The Morgan fingerprint density at radius 2 is 1.00 bits per heavy atom. The van der Waals surface area contributed by atoms with Gasteiger partial charge in [-0.15, -0.1) is 0 Å². The molecule has 0 amide bonds. The van der Waals surface area contributed by atoms with Crippen LogP contribution in [-0.2, 0) is 5.41 Å². The van der Waals surface area contributed by atoms with Gasteiger partial charge in [-0.2, -0.15) is 0 Å². The van der Waals surface area contributed by atoms with Crippen LogP contribution in [-0.4, -0.2) is 14.5 Å². The molecule has 0 spiro atoms. The summed E-state index contributed by atoms with van der Waals surface area (Å²) in [5, 5.41) is 2.55. The summed E-state index contributed by atoms with van der Waals surface area (Å²) in [6.45, 7) is 4.73. The summed E-state index contributed by atoms with van der Waals surface area (Å²) in [6.07, 6.45) is 5.61. The third kappa shape index (κ3) is 4.81. The number of hydrogen-bond acceptors (Lipinski definition) is 2. The fourth-order valence-corrected chi connectivity index (χ4v) is 8.25. The summed E-state index contributed by atoms with van der Waals surface area (Å²) in [5.41, 5.74) is 17.9. The molecule has 9 aromatic rings. The highest BCUT2D eigenvalue weighted by Crippen LogP contribution is 2.51. The highest BCUT2D eigenvalue weighted by molar-refractivity contribution is 6.09. The fourth-order valence-electron chi connectivity index (χ4n) is 8.25. The molecular formula is C49H35N3. The molecule has 1 aliphatic carbocycles. The van der Waals surface area contributed by atoms with E-state index >= 15 is 0 Å². The summed E-state index contributed by atoms with van der Waals surface area (Å²) < 4.78 is 2.39. The third-order valence-electron chi connectivity index (χ3n) is 10.9. The lowest BCUT2D eigenvalue weighted by atomic mass is 9.81. The van der Waals surface area contributed by atoms with E-state index in [1.165, 1.54) is 72.0 Å². The topological polar surface area (TPSA) is 30.7 Å². The minimum absolute atomic E-state index is 0.140. The van der Waals surface area contributed by atoms with Gasteiger partial charge in [-0.25, -0.2) is 0 Å². The van der Waals surface area contributed by atoms with Gasteiger partial charge in [0.2, 0.25) is 0 Å². The quantitative estimate of drug-likeness (QED) is 0.183. The fraction of sp³-hybridized carbons (Fsp3) is 0.0612. The van der Waals surface area contributed by atoms with E-state index < -0.39 is 0 Å². The van der Waals surface area contributed by atoms with Crippen molar-refractivity contribution in [1.29, 1.82) is 0 Å². The van der Waals surface area contributed by atoms with E-state index in [1.807, 2.05) is 36.8 Å². The van der Waals surface area contributed by atoms with Crippen molar-refractivity contribution >= 4 is 21.8 Å². The highest BCUT2D eigenvalue weighted by atomic mass is 15.0. The molecule has 3 heterocycles. The highest BCUT2D eigenvalue weighted by Gasteiger charge is 2.36. The normalized spacial score (nSPS) is 13.0. The Hall–Kier alpha value is -6.58. The molecule has 246 valence electrons. The molecule has 0 aliphatic heterocycles. The molecule has 3 heteroatoms. The zero-order valence-corrected chi connectivity index (χ0v) is 29.1. The lowest BCUT2D eigenvalue weighted by molar-refractivity contribution is 0.661. The largest absolute Gasteiger partial charge is 0.309 e. The number of nitrogens with zero attached hydrogens (tertiary/aromatic N) is 3. The van der Waals surface area contributed by atoms with Crippen LogP contribution in [0.3, 0.4) is 0 Å². The molecule has 6 aromatic carbocycles. The first kappa shape index (κ1) is 30.3. The van der Waals surface area contributed by atoms with Crippen LogP contribution in [0.25, 0.3) is 83.3 Å². The second-order valence-corrected chi connectivity index (χ2v) is 14.3. The smallest absolute Gasteiger partial charge is 0.0717 e. The molecule has 10 rings (SSSR count). The molecule has 0 bridgehead atoms. The molecule has 3 nitrogen and oxygen atoms in total. The van der Waals surface area contributed by atoms with Gasteiger partial charge in [0.05, 0.1) is 16.7 Å². The van der Waals surface area contributed by atoms with Crippen LogP contribution in [0.15, 0.2) is 176 Å². The molecule has 0 saturated carbocycles. The molecule has 0 fully saturated rings. The summed E-state index contributed by atoms with van der Waals surface area (Å²) in [6, 6.07) is 57.4. The zero-order valence-electron chi connectivity index (χ0n) is 29.1. The van der Waals surface area contributed by atoms with Crippen LogP contribution < -0.4 is 0 Å². The molecule has 0 N–H and O–H groups in total. The number of hydrogen-bond donors (Lipinski definition) is 0. The minimum Gasteiger partial charge on any atom is -0.309 e. The van der Waals surface area contributed by atoms with E-state index in [1.54, 1.807) is 0 Å². The lowest BCUT2D eigenvalue weighted by Crippen LogP contribution is -2.15.